The van der Waals surface area contributed by atoms with Gasteiger partial charge in [0, 0.05) is 19.8 Å². The van der Waals surface area contributed by atoms with E-state index >= 15 is 4.39 Å². The van der Waals surface area contributed by atoms with Gasteiger partial charge >= 0.3 is 0 Å². The molecular formula is C24H28FN3O6S. The number of carbonyl (C=O) groups is 2. The van der Waals surface area contributed by atoms with Crippen molar-refractivity contribution < 1.29 is 31.9 Å². The lowest BCUT2D eigenvalue weighted by molar-refractivity contribution is -0.119. The number of nitrogens with zero attached hydrogens (tertiary/aromatic N) is 1. The minimum Gasteiger partial charge on any atom is -0.497 e. The molecule has 0 bridgehead atoms. The average molecular weight is 506 g/mol. The zero-order chi connectivity index (χ0) is 25.2. The van der Waals surface area contributed by atoms with Gasteiger partial charge in [0.05, 0.1) is 41.6 Å². The number of halogens is 1. The van der Waals surface area contributed by atoms with Crippen LogP contribution in [0.4, 0.5) is 10.1 Å². The zero-order valence-electron chi connectivity index (χ0n) is 19.3. The second kappa shape index (κ2) is 10.3. The predicted molar refractivity (Wildman–Crippen MR) is 126 cm³/mol. The second-order valence-electron chi connectivity index (χ2n) is 8.73. The molecule has 11 heteroatoms. The van der Waals surface area contributed by atoms with Crippen LogP contribution in [0.5, 0.6) is 5.75 Å². The molecule has 188 valence electrons. The number of benzene rings is 2. The molecule has 2 aromatic carbocycles. The van der Waals surface area contributed by atoms with E-state index in [1.807, 2.05) is 0 Å². The van der Waals surface area contributed by atoms with Crippen molar-refractivity contribution in [1.82, 2.24) is 5.32 Å². The van der Waals surface area contributed by atoms with Crippen LogP contribution < -0.4 is 20.7 Å². The number of nitrogens with two attached hydrogens (primary N) is 1. The summed E-state index contributed by atoms with van der Waals surface area (Å²) in [5.74, 6) is -2.14. The number of hydrogen-bond donors (Lipinski definition) is 2. The Hall–Kier alpha value is -3.02. The summed E-state index contributed by atoms with van der Waals surface area (Å²) in [6.45, 7) is 1.53. The molecule has 0 aromatic heterocycles. The SMILES string of the molecule is COc1ccc(CN2C(=O)[C@@H](N)CS(=O)(=O)c3cc(F)c(C(=O)NCC4CCOCC4)cc32)cc1. The van der Waals surface area contributed by atoms with Crippen LogP contribution in [0.1, 0.15) is 28.8 Å². The first kappa shape index (κ1) is 25.1. The Morgan fingerprint density at radius 1 is 1.23 bits per heavy atom. The average Bonchev–Trinajstić information content (AvgIpc) is 2.91. The molecule has 0 radical (unpaired) electrons. The number of sulfone groups is 1. The van der Waals surface area contributed by atoms with Crippen molar-refractivity contribution in [1.29, 1.82) is 0 Å². The standard InChI is InChI=1S/C24H28FN3O6S/c1-33-17-4-2-16(3-5-17)13-28-21-10-18(23(29)27-12-15-6-8-34-9-7-15)19(25)11-22(21)35(31,32)14-20(26)24(28)30/h2-5,10-11,15,20H,6-9,12-14,26H2,1H3,(H,27,29)/t20-/m0/s1. The van der Waals surface area contributed by atoms with Crippen LogP contribution in [0.3, 0.4) is 0 Å². The van der Waals surface area contributed by atoms with Gasteiger partial charge < -0.3 is 25.4 Å². The van der Waals surface area contributed by atoms with Gasteiger partial charge in [0.25, 0.3) is 5.91 Å². The molecule has 35 heavy (non-hydrogen) atoms. The third kappa shape index (κ3) is 5.47. The van der Waals surface area contributed by atoms with E-state index in [0.717, 1.165) is 25.0 Å². The van der Waals surface area contributed by atoms with Crippen molar-refractivity contribution in [3.8, 4) is 5.75 Å². The molecule has 0 aliphatic carbocycles. The summed E-state index contributed by atoms with van der Waals surface area (Å²) in [4.78, 5) is 26.8. The maximum atomic E-state index is 15.0. The highest BCUT2D eigenvalue weighted by atomic mass is 32.2. The third-order valence-corrected chi connectivity index (χ3v) is 8.09. The first-order valence-electron chi connectivity index (χ1n) is 11.3. The number of nitrogens with one attached hydrogen (secondary N) is 1. The van der Waals surface area contributed by atoms with Gasteiger partial charge in [-0.3, -0.25) is 9.59 Å². The first-order chi connectivity index (χ1) is 16.7. The third-order valence-electron chi connectivity index (χ3n) is 6.29. The summed E-state index contributed by atoms with van der Waals surface area (Å²) in [6, 6.07) is 7.45. The Balaban J connectivity index is 1.70. The quantitative estimate of drug-likeness (QED) is 0.611. The minimum atomic E-state index is -4.08. The molecule has 0 unspecified atom stereocenters. The van der Waals surface area contributed by atoms with Crippen LogP contribution in [-0.2, 0) is 25.9 Å². The van der Waals surface area contributed by atoms with Crippen molar-refractivity contribution in [3.05, 3.63) is 53.3 Å². The van der Waals surface area contributed by atoms with Crippen LogP contribution in [0.2, 0.25) is 0 Å². The highest BCUT2D eigenvalue weighted by Gasteiger charge is 2.37. The summed E-state index contributed by atoms with van der Waals surface area (Å²) in [5, 5.41) is 2.72. The molecule has 2 heterocycles. The van der Waals surface area contributed by atoms with E-state index in [9.17, 15) is 18.0 Å². The molecule has 4 rings (SSSR count). The van der Waals surface area contributed by atoms with Gasteiger partial charge in [-0.1, -0.05) is 12.1 Å². The fourth-order valence-corrected chi connectivity index (χ4v) is 5.82. The number of rotatable bonds is 6. The van der Waals surface area contributed by atoms with Crippen LogP contribution in [-0.4, -0.2) is 58.9 Å². The molecule has 9 nitrogen and oxygen atoms in total. The Kier molecular flexibility index (Phi) is 7.39. The topological polar surface area (TPSA) is 128 Å². The van der Waals surface area contributed by atoms with Gasteiger partial charge in [-0.15, -0.1) is 0 Å². The fourth-order valence-electron chi connectivity index (χ4n) is 4.25. The lowest BCUT2D eigenvalue weighted by Gasteiger charge is -2.25. The second-order valence-corrected chi connectivity index (χ2v) is 10.7. The predicted octanol–water partition coefficient (Wildman–Crippen LogP) is 1.64. The maximum Gasteiger partial charge on any atom is 0.254 e. The first-order valence-corrected chi connectivity index (χ1v) is 13.0. The van der Waals surface area contributed by atoms with E-state index in [-0.39, 0.29) is 28.6 Å². The van der Waals surface area contributed by atoms with Crippen molar-refractivity contribution >= 4 is 27.3 Å². The van der Waals surface area contributed by atoms with Gasteiger partial charge in [-0.05, 0) is 48.6 Å². The van der Waals surface area contributed by atoms with E-state index in [0.29, 0.717) is 31.1 Å². The molecule has 2 aromatic rings. The normalized spacial score (nSPS) is 20.1. The maximum absolute atomic E-state index is 15.0. The van der Waals surface area contributed by atoms with Crippen molar-refractivity contribution in [3.63, 3.8) is 0 Å². The molecule has 1 fully saturated rings. The van der Waals surface area contributed by atoms with E-state index in [1.165, 1.54) is 12.0 Å². The lowest BCUT2D eigenvalue weighted by atomic mass is 10.0. The smallest absolute Gasteiger partial charge is 0.254 e. The van der Waals surface area contributed by atoms with Crippen molar-refractivity contribution in [2.24, 2.45) is 11.7 Å². The van der Waals surface area contributed by atoms with Gasteiger partial charge in [0.1, 0.15) is 11.6 Å². The van der Waals surface area contributed by atoms with Crippen molar-refractivity contribution in [2.75, 3.05) is 37.5 Å². The number of carbonyl (C=O) groups excluding carboxylic acids is 2. The summed E-state index contributed by atoms with van der Waals surface area (Å²) in [5.41, 5.74) is 6.18. The lowest BCUT2D eigenvalue weighted by Crippen LogP contribution is -2.45. The molecule has 2 aliphatic rings. The minimum absolute atomic E-state index is 0.0200. The summed E-state index contributed by atoms with van der Waals surface area (Å²) in [7, 11) is -2.56. The van der Waals surface area contributed by atoms with Crippen LogP contribution in [0.15, 0.2) is 41.3 Å². The molecule has 2 amide bonds. The molecule has 0 spiro atoms. The van der Waals surface area contributed by atoms with Crippen molar-refractivity contribution in [2.45, 2.75) is 30.3 Å². The number of hydrogen-bond acceptors (Lipinski definition) is 7. The molecular weight excluding hydrogens is 477 g/mol. The fraction of sp³-hybridized carbons (Fsp3) is 0.417. The van der Waals surface area contributed by atoms with E-state index in [4.69, 9.17) is 15.2 Å². The monoisotopic (exact) mass is 505 g/mol. The Bertz CT molecular complexity index is 1210. The van der Waals surface area contributed by atoms with Gasteiger partial charge in [-0.25, -0.2) is 12.8 Å². The van der Waals surface area contributed by atoms with Gasteiger partial charge in [0.2, 0.25) is 5.91 Å². The zero-order valence-corrected chi connectivity index (χ0v) is 20.1. The summed E-state index contributed by atoms with van der Waals surface area (Å²) >= 11 is 0. The Labute approximate surface area is 203 Å². The number of methoxy groups -OCH3 is 1. The summed E-state index contributed by atoms with van der Waals surface area (Å²) in [6.07, 6.45) is 1.57. The van der Waals surface area contributed by atoms with E-state index < -0.39 is 39.3 Å². The van der Waals surface area contributed by atoms with Gasteiger partial charge in [-0.2, -0.15) is 0 Å². The van der Waals surface area contributed by atoms with Crippen LogP contribution in [0.25, 0.3) is 0 Å². The van der Waals surface area contributed by atoms with Crippen LogP contribution in [0, 0.1) is 11.7 Å². The molecule has 3 N–H and O–H groups in total. The van der Waals surface area contributed by atoms with E-state index in [2.05, 4.69) is 5.32 Å². The number of ether oxygens (including phenoxy) is 2. The molecule has 2 aliphatic heterocycles. The van der Waals surface area contributed by atoms with E-state index in [1.54, 1.807) is 24.3 Å². The Morgan fingerprint density at radius 2 is 1.91 bits per heavy atom. The number of amides is 2. The number of fused-ring (bicyclic) bond motifs is 1. The Morgan fingerprint density at radius 3 is 2.57 bits per heavy atom. The number of anilines is 1. The highest BCUT2D eigenvalue weighted by molar-refractivity contribution is 7.91. The molecule has 1 atom stereocenters. The van der Waals surface area contributed by atoms with Gasteiger partial charge in [0.15, 0.2) is 9.84 Å². The highest BCUT2D eigenvalue weighted by Crippen LogP contribution is 2.34. The molecule has 0 saturated carbocycles. The van der Waals surface area contributed by atoms with Crippen LogP contribution >= 0.6 is 0 Å². The summed E-state index contributed by atoms with van der Waals surface area (Å²) < 4.78 is 51.4. The largest absolute Gasteiger partial charge is 0.497 e. The molecule has 1 saturated heterocycles.